The van der Waals surface area contributed by atoms with E-state index < -0.39 is 0 Å². The first kappa shape index (κ1) is 12.6. The molecule has 3 heteroatoms. The molecular formula is C13H20N2O. The molecule has 0 bridgehead atoms. The van der Waals surface area contributed by atoms with E-state index >= 15 is 0 Å². The monoisotopic (exact) mass is 220 g/mol. The number of aryl methyl sites for hydroxylation is 1. The van der Waals surface area contributed by atoms with Gasteiger partial charge in [-0.05, 0) is 24.5 Å². The van der Waals surface area contributed by atoms with Crippen LogP contribution < -0.4 is 10.6 Å². The largest absolute Gasteiger partial charge is 0.376 e. The molecule has 0 aliphatic heterocycles. The predicted octanol–water partition coefficient (Wildman–Crippen LogP) is 2.18. The first-order chi connectivity index (χ1) is 7.59. The van der Waals surface area contributed by atoms with Crippen molar-refractivity contribution < 1.29 is 4.79 Å². The SMILES string of the molecule is Cc1ccccc1NCC(=O)NCC(C)C. The number of benzene rings is 1. The van der Waals surface area contributed by atoms with Crippen molar-refractivity contribution in [3.8, 4) is 0 Å². The Labute approximate surface area is 97.2 Å². The molecule has 0 unspecified atom stereocenters. The number of nitrogens with one attached hydrogen (secondary N) is 2. The second kappa shape index (κ2) is 6.16. The third-order valence-electron chi connectivity index (χ3n) is 2.29. The lowest BCUT2D eigenvalue weighted by Crippen LogP contribution is -2.32. The van der Waals surface area contributed by atoms with Gasteiger partial charge in [0, 0.05) is 12.2 Å². The van der Waals surface area contributed by atoms with Crippen LogP contribution in [0.25, 0.3) is 0 Å². The molecule has 0 saturated heterocycles. The van der Waals surface area contributed by atoms with Gasteiger partial charge in [-0.25, -0.2) is 0 Å². The molecule has 0 fully saturated rings. The average molecular weight is 220 g/mol. The number of amides is 1. The Bertz CT molecular complexity index is 348. The summed E-state index contributed by atoms with van der Waals surface area (Å²) in [6.07, 6.45) is 0. The number of carbonyl (C=O) groups excluding carboxylic acids is 1. The molecule has 1 amide bonds. The second-order valence-electron chi connectivity index (χ2n) is 4.37. The summed E-state index contributed by atoms with van der Waals surface area (Å²) in [4.78, 5) is 11.5. The molecule has 0 heterocycles. The van der Waals surface area contributed by atoms with Gasteiger partial charge in [-0.3, -0.25) is 4.79 Å². The molecule has 0 aliphatic rings. The summed E-state index contributed by atoms with van der Waals surface area (Å²) in [7, 11) is 0. The van der Waals surface area contributed by atoms with Crippen LogP contribution >= 0.6 is 0 Å². The highest BCUT2D eigenvalue weighted by molar-refractivity contribution is 5.80. The molecule has 0 atom stereocenters. The third kappa shape index (κ3) is 4.34. The van der Waals surface area contributed by atoms with E-state index in [9.17, 15) is 4.79 Å². The van der Waals surface area contributed by atoms with Gasteiger partial charge in [0.15, 0.2) is 0 Å². The Hall–Kier alpha value is -1.51. The van der Waals surface area contributed by atoms with Gasteiger partial charge in [0.1, 0.15) is 0 Å². The van der Waals surface area contributed by atoms with E-state index in [0.29, 0.717) is 12.5 Å². The van der Waals surface area contributed by atoms with Gasteiger partial charge < -0.3 is 10.6 Å². The standard InChI is InChI=1S/C13H20N2O/c1-10(2)8-15-13(16)9-14-12-7-5-4-6-11(12)3/h4-7,10,14H,8-9H2,1-3H3,(H,15,16). The van der Waals surface area contributed by atoms with Crippen molar-refractivity contribution in [3.05, 3.63) is 29.8 Å². The van der Waals surface area contributed by atoms with Crippen LogP contribution in [0.3, 0.4) is 0 Å². The van der Waals surface area contributed by atoms with Gasteiger partial charge in [0.25, 0.3) is 0 Å². The van der Waals surface area contributed by atoms with Gasteiger partial charge in [-0.2, -0.15) is 0 Å². The Balaban J connectivity index is 2.35. The fraction of sp³-hybridized carbons (Fsp3) is 0.462. The van der Waals surface area contributed by atoms with E-state index in [1.165, 1.54) is 0 Å². The molecule has 0 spiro atoms. The fourth-order valence-electron chi connectivity index (χ4n) is 1.33. The highest BCUT2D eigenvalue weighted by Gasteiger charge is 2.02. The van der Waals surface area contributed by atoms with Gasteiger partial charge in [-0.1, -0.05) is 32.0 Å². The van der Waals surface area contributed by atoms with Gasteiger partial charge >= 0.3 is 0 Å². The van der Waals surface area contributed by atoms with E-state index in [1.54, 1.807) is 0 Å². The van der Waals surface area contributed by atoms with Crippen molar-refractivity contribution in [3.63, 3.8) is 0 Å². The second-order valence-corrected chi connectivity index (χ2v) is 4.37. The van der Waals surface area contributed by atoms with E-state index in [1.807, 2.05) is 31.2 Å². The number of hydrogen-bond acceptors (Lipinski definition) is 2. The number of hydrogen-bond donors (Lipinski definition) is 2. The van der Waals surface area contributed by atoms with Crippen molar-refractivity contribution in [2.45, 2.75) is 20.8 Å². The lowest BCUT2D eigenvalue weighted by Gasteiger charge is -2.10. The van der Waals surface area contributed by atoms with Gasteiger partial charge in [0.2, 0.25) is 5.91 Å². The Morgan fingerprint density at radius 3 is 2.62 bits per heavy atom. The lowest BCUT2D eigenvalue weighted by molar-refractivity contribution is -0.119. The van der Waals surface area contributed by atoms with Crippen LogP contribution in [-0.2, 0) is 4.79 Å². The molecule has 2 N–H and O–H groups in total. The summed E-state index contributed by atoms with van der Waals surface area (Å²) < 4.78 is 0. The van der Waals surface area contributed by atoms with E-state index in [0.717, 1.165) is 17.8 Å². The molecule has 1 rings (SSSR count). The van der Waals surface area contributed by atoms with Crippen LogP contribution in [0.15, 0.2) is 24.3 Å². The molecule has 1 aromatic rings. The molecule has 0 aliphatic carbocycles. The quantitative estimate of drug-likeness (QED) is 0.798. The number of anilines is 1. The van der Waals surface area contributed by atoms with E-state index in [-0.39, 0.29) is 5.91 Å². The van der Waals surface area contributed by atoms with Crippen molar-refractivity contribution in [1.82, 2.24) is 5.32 Å². The summed E-state index contributed by atoms with van der Waals surface area (Å²) in [5, 5.41) is 5.99. The summed E-state index contributed by atoms with van der Waals surface area (Å²) in [5.74, 6) is 0.527. The number of carbonyl (C=O) groups is 1. The predicted molar refractivity (Wildman–Crippen MR) is 67.5 cm³/mol. The zero-order valence-corrected chi connectivity index (χ0v) is 10.2. The normalized spacial score (nSPS) is 10.2. The van der Waals surface area contributed by atoms with Crippen LogP contribution in [0.1, 0.15) is 19.4 Å². The van der Waals surface area contributed by atoms with E-state index in [4.69, 9.17) is 0 Å². The lowest BCUT2D eigenvalue weighted by atomic mass is 10.2. The maximum Gasteiger partial charge on any atom is 0.239 e. The molecular weight excluding hydrogens is 200 g/mol. The number of para-hydroxylation sites is 1. The van der Waals surface area contributed by atoms with Crippen LogP contribution in [0.4, 0.5) is 5.69 Å². The topological polar surface area (TPSA) is 41.1 Å². The van der Waals surface area contributed by atoms with Crippen molar-refractivity contribution in [2.24, 2.45) is 5.92 Å². The summed E-state index contributed by atoms with van der Waals surface area (Å²) in [5.41, 5.74) is 2.17. The zero-order chi connectivity index (χ0) is 12.0. The van der Waals surface area contributed by atoms with Crippen molar-refractivity contribution >= 4 is 11.6 Å². The number of rotatable bonds is 5. The van der Waals surface area contributed by atoms with Crippen LogP contribution in [-0.4, -0.2) is 19.0 Å². The highest BCUT2D eigenvalue weighted by Crippen LogP contribution is 2.12. The maximum atomic E-state index is 11.5. The molecule has 16 heavy (non-hydrogen) atoms. The zero-order valence-electron chi connectivity index (χ0n) is 10.2. The maximum absolute atomic E-state index is 11.5. The summed E-state index contributed by atoms with van der Waals surface area (Å²) in [6, 6.07) is 7.94. The highest BCUT2D eigenvalue weighted by atomic mass is 16.1. The first-order valence-corrected chi connectivity index (χ1v) is 5.66. The van der Waals surface area contributed by atoms with Gasteiger partial charge in [0.05, 0.1) is 6.54 Å². The van der Waals surface area contributed by atoms with Crippen molar-refractivity contribution in [1.29, 1.82) is 0 Å². The third-order valence-corrected chi connectivity index (χ3v) is 2.29. The molecule has 0 saturated carbocycles. The smallest absolute Gasteiger partial charge is 0.239 e. The van der Waals surface area contributed by atoms with Crippen LogP contribution in [0.5, 0.6) is 0 Å². The Morgan fingerprint density at radius 2 is 2.00 bits per heavy atom. The Morgan fingerprint density at radius 1 is 1.31 bits per heavy atom. The first-order valence-electron chi connectivity index (χ1n) is 5.66. The van der Waals surface area contributed by atoms with Crippen molar-refractivity contribution in [2.75, 3.05) is 18.4 Å². The van der Waals surface area contributed by atoms with Gasteiger partial charge in [-0.15, -0.1) is 0 Å². The van der Waals surface area contributed by atoms with Crippen LogP contribution in [0, 0.1) is 12.8 Å². The average Bonchev–Trinajstić information content (AvgIpc) is 2.25. The minimum atomic E-state index is 0.0388. The summed E-state index contributed by atoms with van der Waals surface area (Å²) >= 11 is 0. The molecule has 88 valence electrons. The molecule has 0 radical (unpaired) electrons. The van der Waals surface area contributed by atoms with Crippen LogP contribution in [0.2, 0.25) is 0 Å². The minimum Gasteiger partial charge on any atom is -0.376 e. The fourth-order valence-corrected chi connectivity index (χ4v) is 1.33. The molecule has 3 nitrogen and oxygen atoms in total. The minimum absolute atomic E-state index is 0.0388. The molecule has 0 aromatic heterocycles. The Kier molecular flexibility index (Phi) is 4.83. The van der Waals surface area contributed by atoms with E-state index in [2.05, 4.69) is 24.5 Å². The molecule has 1 aromatic carbocycles. The summed E-state index contributed by atoms with van der Waals surface area (Å²) in [6.45, 7) is 7.24.